The van der Waals surface area contributed by atoms with Crippen molar-refractivity contribution >= 4 is 5.91 Å². The van der Waals surface area contributed by atoms with Gasteiger partial charge < -0.3 is 15.5 Å². The monoisotopic (exact) mass is 237 g/mol. The van der Waals surface area contributed by atoms with Crippen molar-refractivity contribution in [1.82, 2.24) is 10.2 Å². The molecule has 2 unspecified atom stereocenters. The summed E-state index contributed by atoms with van der Waals surface area (Å²) in [6.45, 7) is 3.79. The van der Waals surface area contributed by atoms with Crippen LogP contribution in [0, 0.1) is 0 Å². The van der Waals surface area contributed by atoms with Crippen molar-refractivity contribution in [2.75, 3.05) is 13.1 Å². The number of nitrogens with two attached hydrogens (primary N) is 1. The molecule has 2 rings (SSSR count). The molecule has 0 radical (unpaired) electrons. The summed E-state index contributed by atoms with van der Waals surface area (Å²) in [6.07, 6.45) is 2.58. The van der Waals surface area contributed by atoms with E-state index in [0.717, 1.165) is 12.2 Å². The summed E-state index contributed by atoms with van der Waals surface area (Å²) < 4.78 is 5.34. The predicted molar refractivity (Wildman–Crippen MR) is 64.2 cm³/mol. The van der Waals surface area contributed by atoms with Crippen LogP contribution >= 0.6 is 0 Å². The first kappa shape index (κ1) is 12.1. The fraction of sp³-hybridized carbons (Fsp3) is 0.583. The van der Waals surface area contributed by atoms with Gasteiger partial charge in [0.25, 0.3) is 0 Å². The van der Waals surface area contributed by atoms with Crippen LogP contribution in [0.2, 0.25) is 0 Å². The lowest BCUT2D eigenvalue weighted by Crippen LogP contribution is -2.50. The molecule has 1 aromatic heterocycles. The molecule has 94 valence electrons. The molecule has 17 heavy (non-hydrogen) atoms. The zero-order chi connectivity index (χ0) is 12.3. The topological polar surface area (TPSA) is 71.5 Å². The smallest absolute Gasteiger partial charge is 0.238 e. The standard InChI is InChI=1S/C12H19N3O2/c1-9-4-5-14-12(16)11(7-13)15(9)8-10-3-2-6-17-10/h2-3,6,9,11H,4-5,7-8,13H2,1H3,(H,14,16). The van der Waals surface area contributed by atoms with Crippen LogP contribution < -0.4 is 11.1 Å². The molecular weight excluding hydrogens is 218 g/mol. The Kier molecular flexibility index (Phi) is 3.81. The van der Waals surface area contributed by atoms with Crippen molar-refractivity contribution in [3.63, 3.8) is 0 Å². The van der Waals surface area contributed by atoms with Gasteiger partial charge in [0.05, 0.1) is 12.8 Å². The number of carbonyl (C=O) groups excluding carboxylic acids is 1. The second-order valence-corrected chi connectivity index (χ2v) is 4.43. The highest BCUT2D eigenvalue weighted by Crippen LogP contribution is 2.16. The van der Waals surface area contributed by atoms with E-state index in [1.807, 2.05) is 12.1 Å². The molecule has 2 atom stereocenters. The van der Waals surface area contributed by atoms with Crippen molar-refractivity contribution < 1.29 is 9.21 Å². The number of amides is 1. The highest BCUT2D eigenvalue weighted by atomic mass is 16.3. The van der Waals surface area contributed by atoms with Gasteiger partial charge in [0.1, 0.15) is 11.8 Å². The molecule has 0 saturated carbocycles. The van der Waals surface area contributed by atoms with Crippen LogP contribution in [-0.2, 0) is 11.3 Å². The van der Waals surface area contributed by atoms with E-state index in [4.69, 9.17) is 10.2 Å². The first-order chi connectivity index (χ1) is 8.22. The Morgan fingerprint density at radius 2 is 2.47 bits per heavy atom. The van der Waals surface area contributed by atoms with E-state index in [1.165, 1.54) is 0 Å². The van der Waals surface area contributed by atoms with Crippen LogP contribution in [0.15, 0.2) is 22.8 Å². The largest absolute Gasteiger partial charge is 0.468 e. The minimum Gasteiger partial charge on any atom is -0.468 e. The summed E-state index contributed by atoms with van der Waals surface area (Å²) in [5.41, 5.74) is 5.71. The minimum atomic E-state index is -0.266. The Labute approximate surface area is 101 Å². The molecule has 1 amide bonds. The molecular formula is C12H19N3O2. The summed E-state index contributed by atoms with van der Waals surface area (Å²) in [4.78, 5) is 14.0. The molecule has 5 heteroatoms. The molecule has 1 aromatic rings. The highest BCUT2D eigenvalue weighted by molar-refractivity contribution is 5.82. The van der Waals surface area contributed by atoms with Gasteiger partial charge in [-0.05, 0) is 25.5 Å². The SMILES string of the molecule is CC1CCNC(=O)C(CN)N1Cc1ccco1. The number of carbonyl (C=O) groups is 1. The van der Waals surface area contributed by atoms with Gasteiger partial charge in [0.2, 0.25) is 5.91 Å². The van der Waals surface area contributed by atoms with E-state index in [1.54, 1.807) is 6.26 Å². The number of hydrogen-bond acceptors (Lipinski definition) is 4. The normalized spacial score (nSPS) is 26.6. The average molecular weight is 237 g/mol. The molecule has 0 spiro atoms. The summed E-state index contributed by atoms with van der Waals surface area (Å²) in [5, 5.41) is 2.89. The van der Waals surface area contributed by atoms with E-state index in [9.17, 15) is 4.79 Å². The van der Waals surface area contributed by atoms with Gasteiger partial charge >= 0.3 is 0 Å². The zero-order valence-electron chi connectivity index (χ0n) is 10.1. The Hall–Kier alpha value is -1.33. The molecule has 1 saturated heterocycles. The van der Waals surface area contributed by atoms with Crippen LogP contribution in [-0.4, -0.2) is 36.0 Å². The Morgan fingerprint density at radius 1 is 1.65 bits per heavy atom. The van der Waals surface area contributed by atoms with Crippen molar-refractivity contribution in [2.24, 2.45) is 5.73 Å². The van der Waals surface area contributed by atoms with Crippen molar-refractivity contribution in [2.45, 2.75) is 32.0 Å². The Balaban J connectivity index is 2.15. The summed E-state index contributed by atoms with van der Waals surface area (Å²) >= 11 is 0. The van der Waals surface area contributed by atoms with Gasteiger partial charge in [-0.2, -0.15) is 0 Å². The third kappa shape index (κ3) is 2.68. The van der Waals surface area contributed by atoms with Crippen LogP contribution in [0.4, 0.5) is 0 Å². The molecule has 2 heterocycles. The number of furan rings is 1. The fourth-order valence-corrected chi connectivity index (χ4v) is 2.24. The van der Waals surface area contributed by atoms with Gasteiger partial charge in [-0.25, -0.2) is 0 Å². The van der Waals surface area contributed by atoms with E-state index in [2.05, 4.69) is 17.1 Å². The van der Waals surface area contributed by atoms with Gasteiger partial charge in [-0.15, -0.1) is 0 Å². The first-order valence-electron chi connectivity index (χ1n) is 5.98. The predicted octanol–water partition coefficient (Wildman–Crippen LogP) is 0.317. The van der Waals surface area contributed by atoms with E-state index in [0.29, 0.717) is 25.7 Å². The van der Waals surface area contributed by atoms with Crippen molar-refractivity contribution in [1.29, 1.82) is 0 Å². The molecule has 0 aliphatic carbocycles. The number of hydrogen-bond donors (Lipinski definition) is 2. The van der Waals surface area contributed by atoms with Gasteiger partial charge in [-0.1, -0.05) is 0 Å². The lowest BCUT2D eigenvalue weighted by atomic mass is 10.1. The second-order valence-electron chi connectivity index (χ2n) is 4.43. The van der Waals surface area contributed by atoms with Crippen LogP contribution in [0.5, 0.6) is 0 Å². The zero-order valence-corrected chi connectivity index (χ0v) is 10.1. The maximum atomic E-state index is 11.9. The average Bonchev–Trinajstić information content (AvgIpc) is 2.76. The molecule has 5 nitrogen and oxygen atoms in total. The quantitative estimate of drug-likeness (QED) is 0.794. The lowest BCUT2D eigenvalue weighted by Gasteiger charge is -2.31. The Morgan fingerprint density at radius 3 is 3.12 bits per heavy atom. The van der Waals surface area contributed by atoms with Gasteiger partial charge in [0.15, 0.2) is 0 Å². The number of rotatable bonds is 3. The van der Waals surface area contributed by atoms with Crippen molar-refractivity contribution in [3.8, 4) is 0 Å². The minimum absolute atomic E-state index is 0.0170. The third-order valence-electron chi connectivity index (χ3n) is 3.27. The first-order valence-corrected chi connectivity index (χ1v) is 5.98. The van der Waals surface area contributed by atoms with Crippen LogP contribution in [0.1, 0.15) is 19.1 Å². The highest BCUT2D eigenvalue weighted by Gasteiger charge is 2.31. The summed E-state index contributed by atoms with van der Waals surface area (Å²) in [5.74, 6) is 0.883. The van der Waals surface area contributed by atoms with Crippen molar-refractivity contribution in [3.05, 3.63) is 24.2 Å². The lowest BCUT2D eigenvalue weighted by molar-refractivity contribution is -0.126. The molecule has 1 aliphatic rings. The van der Waals surface area contributed by atoms with E-state index < -0.39 is 0 Å². The molecule has 0 bridgehead atoms. The molecule has 1 aliphatic heterocycles. The molecule has 1 fully saturated rings. The summed E-state index contributed by atoms with van der Waals surface area (Å²) in [6, 6.07) is 3.82. The summed E-state index contributed by atoms with van der Waals surface area (Å²) in [7, 11) is 0. The molecule has 0 aromatic carbocycles. The van der Waals surface area contributed by atoms with Gasteiger partial charge in [-0.3, -0.25) is 9.69 Å². The molecule has 3 N–H and O–H groups in total. The number of nitrogens with zero attached hydrogens (tertiary/aromatic N) is 1. The maximum absolute atomic E-state index is 11.9. The van der Waals surface area contributed by atoms with E-state index in [-0.39, 0.29) is 11.9 Å². The fourth-order valence-electron chi connectivity index (χ4n) is 2.24. The number of nitrogens with one attached hydrogen (secondary N) is 1. The third-order valence-corrected chi connectivity index (χ3v) is 3.27. The van der Waals surface area contributed by atoms with Crippen LogP contribution in [0.3, 0.4) is 0 Å². The second kappa shape index (κ2) is 5.33. The Bertz CT molecular complexity index is 364. The van der Waals surface area contributed by atoms with Crippen LogP contribution in [0.25, 0.3) is 0 Å². The maximum Gasteiger partial charge on any atom is 0.238 e. The van der Waals surface area contributed by atoms with Gasteiger partial charge in [0, 0.05) is 19.1 Å². The van der Waals surface area contributed by atoms with E-state index >= 15 is 0 Å².